The highest BCUT2D eigenvalue weighted by Gasteiger charge is 2.61. The van der Waals surface area contributed by atoms with E-state index in [1.165, 1.54) is 4.90 Å². The molecule has 102 valence electrons. The second-order valence-electron chi connectivity index (χ2n) is 5.34. The molecule has 0 unspecified atom stereocenters. The van der Waals surface area contributed by atoms with Crippen molar-refractivity contribution in [1.29, 1.82) is 0 Å². The van der Waals surface area contributed by atoms with Crippen LogP contribution in [0, 0.1) is 17.3 Å². The van der Waals surface area contributed by atoms with Gasteiger partial charge in [0.1, 0.15) is 0 Å². The summed E-state index contributed by atoms with van der Waals surface area (Å²) in [5, 5.41) is 2.08. The molecule has 3 heteroatoms. The molecule has 2 nitrogen and oxygen atoms in total. The van der Waals surface area contributed by atoms with Crippen molar-refractivity contribution >= 4 is 17.7 Å². The summed E-state index contributed by atoms with van der Waals surface area (Å²) in [5.41, 5.74) is 0.0278. The van der Waals surface area contributed by atoms with Crippen LogP contribution in [0.1, 0.15) is 20.8 Å². The van der Waals surface area contributed by atoms with Crippen LogP contribution in [0.2, 0.25) is 0 Å². The molecular weight excluding hydrogens is 256 g/mol. The van der Waals surface area contributed by atoms with Crippen molar-refractivity contribution in [2.45, 2.75) is 25.7 Å². The van der Waals surface area contributed by atoms with Gasteiger partial charge in [-0.05, 0) is 35.8 Å². The fourth-order valence-electron chi connectivity index (χ4n) is 2.42. The average Bonchev–Trinajstić information content (AvgIpc) is 2.93. The highest BCUT2D eigenvalue weighted by atomic mass is 32.2. The summed E-state index contributed by atoms with van der Waals surface area (Å²) in [6.07, 6.45) is 2.14. The van der Waals surface area contributed by atoms with Gasteiger partial charge >= 0.3 is 5.97 Å². The van der Waals surface area contributed by atoms with Gasteiger partial charge in [0.25, 0.3) is 0 Å². The summed E-state index contributed by atoms with van der Waals surface area (Å²) < 4.78 is 5.12. The Balaban J connectivity index is 1.91. The van der Waals surface area contributed by atoms with Gasteiger partial charge in [-0.25, -0.2) is 0 Å². The molecule has 0 amide bonds. The van der Waals surface area contributed by atoms with Crippen LogP contribution in [0.5, 0.6) is 0 Å². The Kier molecular flexibility index (Phi) is 4.35. The second kappa shape index (κ2) is 5.83. The largest absolute Gasteiger partial charge is 0.466 e. The van der Waals surface area contributed by atoms with Crippen molar-refractivity contribution in [3.8, 4) is 0 Å². The molecule has 0 bridgehead atoms. The average molecular weight is 276 g/mol. The van der Waals surface area contributed by atoms with E-state index >= 15 is 0 Å². The quantitative estimate of drug-likeness (QED) is 0.597. The number of thioether (sulfide) groups is 1. The van der Waals surface area contributed by atoms with Crippen LogP contribution in [-0.2, 0) is 9.53 Å². The summed E-state index contributed by atoms with van der Waals surface area (Å²) in [6.45, 7) is 6.55. The van der Waals surface area contributed by atoms with Crippen LogP contribution in [0.15, 0.2) is 46.7 Å². The first-order valence-corrected chi connectivity index (χ1v) is 7.50. The van der Waals surface area contributed by atoms with Gasteiger partial charge in [0.15, 0.2) is 0 Å². The first-order valence-electron chi connectivity index (χ1n) is 6.62. The minimum atomic E-state index is -0.0631. The SMILES string of the molecule is CCOC(=O)[C@@H]1[C@H](/C=C/Sc2ccccc2)C1(C)C. The summed E-state index contributed by atoms with van der Waals surface area (Å²) in [7, 11) is 0. The molecule has 1 fully saturated rings. The van der Waals surface area contributed by atoms with Gasteiger partial charge in [-0.15, -0.1) is 0 Å². The monoisotopic (exact) mass is 276 g/mol. The van der Waals surface area contributed by atoms with E-state index in [1.54, 1.807) is 11.8 Å². The zero-order valence-corrected chi connectivity index (χ0v) is 12.4. The number of rotatable bonds is 5. The van der Waals surface area contributed by atoms with Crippen LogP contribution >= 0.6 is 11.8 Å². The van der Waals surface area contributed by atoms with Crippen LogP contribution in [0.3, 0.4) is 0 Å². The molecule has 0 saturated heterocycles. The molecule has 0 aromatic heterocycles. The number of carbonyl (C=O) groups excluding carboxylic acids is 1. The molecule has 0 N–H and O–H groups in total. The number of hydrogen-bond donors (Lipinski definition) is 0. The van der Waals surface area contributed by atoms with E-state index in [0.717, 1.165) is 0 Å². The maximum absolute atomic E-state index is 11.8. The first-order chi connectivity index (χ1) is 9.07. The number of allylic oxidation sites excluding steroid dienone is 1. The smallest absolute Gasteiger partial charge is 0.310 e. The number of benzene rings is 1. The van der Waals surface area contributed by atoms with E-state index in [-0.39, 0.29) is 17.3 Å². The fraction of sp³-hybridized carbons (Fsp3) is 0.438. The van der Waals surface area contributed by atoms with E-state index in [2.05, 4.69) is 37.5 Å². The molecule has 1 aliphatic carbocycles. The Morgan fingerprint density at radius 1 is 1.37 bits per heavy atom. The lowest BCUT2D eigenvalue weighted by molar-refractivity contribution is -0.145. The maximum Gasteiger partial charge on any atom is 0.310 e. The molecule has 1 aliphatic rings. The maximum atomic E-state index is 11.8. The Morgan fingerprint density at radius 3 is 2.68 bits per heavy atom. The molecule has 1 aromatic rings. The highest BCUT2D eigenvalue weighted by Crippen LogP contribution is 2.59. The van der Waals surface area contributed by atoms with Crippen molar-refractivity contribution in [2.75, 3.05) is 6.61 Å². The molecule has 0 spiro atoms. The van der Waals surface area contributed by atoms with E-state index in [0.29, 0.717) is 12.5 Å². The van der Waals surface area contributed by atoms with Crippen molar-refractivity contribution in [3.63, 3.8) is 0 Å². The summed E-state index contributed by atoms with van der Waals surface area (Å²) in [6, 6.07) is 10.2. The molecule has 0 aliphatic heterocycles. The molecule has 19 heavy (non-hydrogen) atoms. The summed E-state index contributed by atoms with van der Waals surface area (Å²) in [5.74, 6) is 0.245. The second-order valence-corrected chi connectivity index (χ2v) is 6.32. The van der Waals surface area contributed by atoms with Crippen LogP contribution in [-0.4, -0.2) is 12.6 Å². The van der Waals surface area contributed by atoms with Crippen LogP contribution in [0.25, 0.3) is 0 Å². The number of hydrogen-bond acceptors (Lipinski definition) is 3. The van der Waals surface area contributed by atoms with Crippen molar-refractivity contribution < 1.29 is 9.53 Å². The summed E-state index contributed by atoms with van der Waals surface area (Å²) in [4.78, 5) is 13.0. The lowest BCUT2D eigenvalue weighted by Crippen LogP contribution is -2.10. The van der Waals surface area contributed by atoms with Crippen LogP contribution in [0.4, 0.5) is 0 Å². The van der Waals surface area contributed by atoms with Gasteiger partial charge in [0.05, 0.1) is 12.5 Å². The predicted octanol–water partition coefficient (Wildman–Crippen LogP) is 4.13. The van der Waals surface area contributed by atoms with Gasteiger partial charge in [-0.1, -0.05) is 49.9 Å². The normalized spacial score (nSPS) is 24.4. The van der Waals surface area contributed by atoms with Gasteiger partial charge in [-0.3, -0.25) is 4.79 Å². The third-order valence-electron chi connectivity index (χ3n) is 3.68. The fourth-order valence-corrected chi connectivity index (χ4v) is 3.14. The van der Waals surface area contributed by atoms with Gasteiger partial charge in [0, 0.05) is 4.90 Å². The van der Waals surface area contributed by atoms with Gasteiger partial charge < -0.3 is 4.74 Å². The first kappa shape index (κ1) is 14.2. The van der Waals surface area contributed by atoms with Crippen molar-refractivity contribution in [2.24, 2.45) is 17.3 Å². The Bertz CT molecular complexity index is 465. The zero-order valence-electron chi connectivity index (χ0n) is 11.6. The minimum Gasteiger partial charge on any atom is -0.466 e. The number of esters is 1. The number of ether oxygens (including phenoxy) is 1. The molecule has 1 saturated carbocycles. The zero-order chi connectivity index (χ0) is 13.9. The van der Waals surface area contributed by atoms with Gasteiger partial charge in [0.2, 0.25) is 0 Å². The molecule has 0 radical (unpaired) electrons. The number of carbonyl (C=O) groups is 1. The lowest BCUT2D eigenvalue weighted by Gasteiger charge is -2.01. The molecule has 0 heterocycles. The van der Waals surface area contributed by atoms with E-state index < -0.39 is 0 Å². The third kappa shape index (κ3) is 3.21. The third-order valence-corrected chi connectivity index (χ3v) is 4.52. The molecule has 2 rings (SSSR count). The molecule has 1 aromatic carbocycles. The van der Waals surface area contributed by atoms with Gasteiger partial charge in [-0.2, -0.15) is 0 Å². The Hall–Kier alpha value is -1.22. The van der Waals surface area contributed by atoms with E-state index in [9.17, 15) is 4.79 Å². The van der Waals surface area contributed by atoms with Crippen LogP contribution < -0.4 is 0 Å². The molecular formula is C16H20O2S. The van der Waals surface area contributed by atoms with E-state index in [4.69, 9.17) is 4.74 Å². The Labute approximate surface area is 119 Å². The van der Waals surface area contributed by atoms with E-state index in [1.807, 2.05) is 25.1 Å². The lowest BCUT2D eigenvalue weighted by atomic mass is 10.1. The predicted molar refractivity (Wildman–Crippen MR) is 78.8 cm³/mol. The topological polar surface area (TPSA) is 26.3 Å². The standard InChI is InChI=1S/C16H20O2S/c1-4-18-15(17)14-13(16(14,2)3)10-11-19-12-8-6-5-7-9-12/h5-11,13-14H,4H2,1-3H3/b11-10+/t13-,14-/m0/s1. The van der Waals surface area contributed by atoms with Crippen molar-refractivity contribution in [3.05, 3.63) is 41.8 Å². The highest BCUT2D eigenvalue weighted by molar-refractivity contribution is 8.02. The van der Waals surface area contributed by atoms with Crippen molar-refractivity contribution in [1.82, 2.24) is 0 Å². The summed E-state index contributed by atoms with van der Waals surface area (Å²) >= 11 is 1.68. The minimum absolute atomic E-state index is 0.0140. The molecule has 2 atom stereocenters. The Morgan fingerprint density at radius 2 is 2.05 bits per heavy atom.